The van der Waals surface area contributed by atoms with Crippen LogP contribution in [0, 0.1) is 0 Å². The number of aromatic nitrogens is 2. The van der Waals surface area contributed by atoms with E-state index in [1.54, 1.807) is 18.3 Å². The third-order valence-corrected chi connectivity index (χ3v) is 3.37. The molecule has 0 bridgehead atoms. The quantitative estimate of drug-likeness (QED) is 0.900. The molecule has 110 valence electrons. The van der Waals surface area contributed by atoms with Crippen molar-refractivity contribution in [2.24, 2.45) is 0 Å². The predicted molar refractivity (Wildman–Crippen MR) is 85.8 cm³/mol. The summed E-state index contributed by atoms with van der Waals surface area (Å²) in [6.45, 7) is 2.00. The molecule has 0 fully saturated rings. The average molecular weight is 335 g/mol. The Morgan fingerprint density at radius 2 is 2.15 bits per heavy atom. The molecule has 0 aromatic carbocycles. The molecule has 0 radical (unpaired) electrons. The van der Waals surface area contributed by atoms with Crippen LogP contribution in [0.15, 0.2) is 29.9 Å². The number of nitrogens with one attached hydrogen (secondary N) is 1. The van der Waals surface area contributed by atoms with E-state index in [1.165, 1.54) is 17.5 Å². The Balaban J connectivity index is 0.00000180. The van der Waals surface area contributed by atoms with E-state index in [0.29, 0.717) is 11.4 Å². The van der Waals surface area contributed by atoms with E-state index in [4.69, 9.17) is 5.73 Å². The number of anilines is 1. The zero-order valence-corrected chi connectivity index (χ0v) is 13.2. The molecule has 0 aliphatic rings. The minimum absolute atomic E-state index is 0. The molecule has 1 unspecified atom stereocenters. The summed E-state index contributed by atoms with van der Waals surface area (Å²) in [5, 5.41) is 5.71. The van der Waals surface area contributed by atoms with Crippen LogP contribution in [0.2, 0.25) is 0 Å². The highest BCUT2D eigenvalue weighted by Gasteiger charge is 2.16. The lowest BCUT2D eigenvalue weighted by Crippen LogP contribution is -2.28. The van der Waals surface area contributed by atoms with Crippen molar-refractivity contribution in [1.29, 1.82) is 0 Å². The van der Waals surface area contributed by atoms with E-state index in [1.807, 2.05) is 12.3 Å². The maximum absolute atomic E-state index is 12.0. The van der Waals surface area contributed by atoms with Crippen LogP contribution < -0.4 is 11.1 Å². The van der Waals surface area contributed by atoms with Crippen molar-refractivity contribution in [1.82, 2.24) is 15.3 Å². The molecule has 0 saturated carbocycles. The van der Waals surface area contributed by atoms with Gasteiger partial charge in [-0.15, -0.1) is 36.2 Å². The van der Waals surface area contributed by atoms with Gasteiger partial charge in [-0.3, -0.25) is 4.79 Å². The molecule has 2 rings (SSSR count). The molecule has 20 heavy (non-hydrogen) atoms. The lowest BCUT2D eigenvalue weighted by atomic mass is 10.2. The van der Waals surface area contributed by atoms with Gasteiger partial charge >= 0.3 is 0 Å². The molecule has 8 heteroatoms. The number of nitrogens with zero attached hydrogens (tertiary/aromatic N) is 2. The topological polar surface area (TPSA) is 80.9 Å². The van der Waals surface area contributed by atoms with E-state index < -0.39 is 0 Å². The Hall–Kier alpha value is -1.37. The number of amides is 1. The summed E-state index contributed by atoms with van der Waals surface area (Å²) in [7, 11) is 0. The fraction of sp³-hybridized carbons (Fsp3) is 0.250. The van der Waals surface area contributed by atoms with Gasteiger partial charge in [0.1, 0.15) is 10.7 Å². The number of nitrogen functional groups attached to an aromatic ring is 1. The number of hydrogen-bond donors (Lipinski definition) is 2. The molecule has 2 aromatic rings. The van der Waals surface area contributed by atoms with Gasteiger partial charge in [0.15, 0.2) is 0 Å². The number of thiazole rings is 1. The number of rotatable bonds is 4. The summed E-state index contributed by atoms with van der Waals surface area (Å²) in [6.07, 6.45) is 3.99. The van der Waals surface area contributed by atoms with Crippen LogP contribution in [0.1, 0.15) is 34.9 Å². The number of carbonyl (C=O) groups is 1. The van der Waals surface area contributed by atoms with Gasteiger partial charge in [0.2, 0.25) is 0 Å². The van der Waals surface area contributed by atoms with Gasteiger partial charge in [0, 0.05) is 11.6 Å². The first-order valence-electron chi connectivity index (χ1n) is 5.62. The van der Waals surface area contributed by atoms with Crippen molar-refractivity contribution in [3.8, 4) is 0 Å². The first-order chi connectivity index (χ1) is 8.70. The zero-order valence-electron chi connectivity index (χ0n) is 10.8. The molecule has 5 nitrogen and oxygen atoms in total. The second-order valence-corrected chi connectivity index (χ2v) is 4.71. The first kappa shape index (κ1) is 18.6. The summed E-state index contributed by atoms with van der Waals surface area (Å²) in [5.41, 5.74) is 6.43. The number of pyridine rings is 1. The highest BCUT2D eigenvalue weighted by atomic mass is 35.5. The lowest BCUT2D eigenvalue weighted by Gasteiger charge is -2.13. The number of carbonyl (C=O) groups excluding carboxylic acids is 1. The zero-order chi connectivity index (χ0) is 13.0. The van der Waals surface area contributed by atoms with Crippen molar-refractivity contribution in [3.63, 3.8) is 0 Å². The Kier molecular flexibility index (Phi) is 8.13. The van der Waals surface area contributed by atoms with Gasteiger partial charge in [-0.2, -0.15) is 0 Å². The van der Waals surface area contributed by atoms with E-state index in [0.717, 1.165) is 11.4 Å². The normalized spacial score (nSPS) is 10.8. The van der Waals surface area contributed by atoms with E-state index >= 15 is 0 Å². The second-order valence-electron chi connectivity index (χ2n) is 3.78. The van der Waals surface area contributed by atoms with E-state index in [2.05, 4.69) is 15.3 Å². The van der Waals surface area contributed by atoms with Gasteiger partial charge in [0.25, 0.3) is 5.91 Å². The van der Waals surface area contributed by atoms with Crippen LogP contribution in [-0.2, 0) is 0 Å². The van der Waals surface area contributed by atoms with Crippen LogP contribution in [0.3, 0.4) is 0 Å². The lowest BCUT2D eigenvalue weighted by molar-refractivity contribution is 0.0930. The van der Waals surface area contributed by atoms with Gasteiger partial charge in [0.05, 0.1) is 17.9 Å². The molecular formula is C12H16Cl2N4OS. The number of hydrogen-bond acceptors (Lipinski definition) is 5. The SMILES string of the molecule is CCC(NC(=O)c1ccc(N)cn1)c1nccs1.Cl.Cl. The number of nitrogens with two attached hydrogens (primary N) is 1. The van der Waals surface area contributed by atoms with Crippen molar-refractivity contribution in [3.05, 3.63) is 40.6 Å². The van der Waals surface area contributed by atoms with Crippen LogP contribution >= 0.6 is 36.2 Å². The first-order valence-corrected chi connectivity index (χ1v) is 6.50. The molecule has 0 aliphatic carbocycles. The molecule has 3 N–H and O–H groups in total. The average Bonchev–Trinajstić information content (AvgIpc) is 2.90. The van der Waals surface area contributed by atoms with Crippen molar-refractivity contribution in [2.75, 3.05) is 5.73 Å². The monoisotopic (exact) mass is 334 g/mol. The Labute approximate surface area is 133 Å². The van der Waals surface area contributed by atoms with E-state index in [-0.39, 0.29) is 36.8 Å². The summed E-state index contributed by atoms with van der Waals surface area (Å²) in [5.74, 6) is -0.211. The summed E-state index contributed by atoms with van der Waals surface area (Å²) >= 11 is 1.53. The molecule has 1 atom stereocenters. The maximum Gasteiger partial charge on any atom is 0.270 e. The molecule has 2 aromatic heterocycles. The summed E-state index contributed by atoms with van der Waals surface area (Å²) in [6, 6.07) is 3.20. The Bertz CT molecular complexity index is 519. The van der Waals surface area contributed by atoms with Gasteiger partial charge in [-0.05, 0) is 18.6 Å². The van der Waals surface area contributed by atoms with Crippen molar-refractivity contribution < 1.29 is 4.79 Å². The third-order valence-electron chi connectivity index (χ3n) is 2.48. The summed E-state index contributed by atoms with van der Waals surface area (Å²) in [4.78, 5) is 20.2. The van der Waals surface area contributed by atoms with E-state index in [9.17, 15) is 4.79 Å². The van der Waals surface area contributed by atoms with Gasteiger partial charge < -0.3 is 11.1 Å². The van der Waals surface area contributed by atoms with Crippen LogP contribution in [0.5, 0.6) is 0 Å². The third kappa shape index (κ3) is 4.63. The number of halogens is 2. The largest absolute Gasteiger partial charge is 0.397 e. The standard InChI is InChI=1S/C12H14N4OS.2ClH/c1-2-9(12-14-5-6-18-12)16-11(17)10-4-3-8(13)7-15-10;;/h3-7,9H,2,13H2,1H3,(H,16,17);2*1H. The molecular weight excluding hydrogens is 319 g/mol. The maximum atomic E-state index is 12.0. The fourth-order valence-electron chi connectivity index (χ4n) is 1.52. The smallest absolute Gasteiger partial charge is 0.270 e. The highest BCUT2D eigenvalue weighted by molar-refractivity contribution is 7.09. The molecule has 1 amide bonds. The van der Waals surface area contributed by atoms with Gasteiger partial charge in [-0.25, -0.2) is 9.97 Å². The molecule has 0 spiro atoms. The van der Waals surface area contributed by atoms with Crippen LogP contribution in [0.25, 0.3) is 0 Å². The van der Waals surface area contributed by atoms with Crippen LogP contribution in [-0.4, -0.2) is 15.9 Å². The van der Waals surface area contributed by atoms with Crippen molar-refractivity contribution >= 4 is 47.7 Å². The minimum atomic E-state index is -0.211. The van der Waals surface area contributed by atoms with Crippen molar-refractivity contribution in [2.45, 2.75) is 19.4 Å². The second kappa shape index (κ2) is 8.73. The summed E-state index contributed by atoms with van der Waals surface area (Å²) < 4.78 is 0. The fourth-order valence-corrected chi connectivity index (χ4v) is 2.29. The Morgan fingerprint density at radius 3 is 2.65 bits per heavy atom. The minimum Gasteiger partial charge on any atom is -0.397 e. The molecule has 0 aliphatic heterocycles. The van der Waals surface area contributed by atoms with Gasteiger partial charge in [-0.1, -0.05) is 6.92 Å². The molecule has 0 saturated heterocycles. The molecule has 2 heterocycles. The Morgan fingerprint density at radius 1 is 1.40 bits per heavy atom. The highest BCUT2D eigenvalue weighted by Crippen LogP contribution is 2.19. The predicted octanol–water partition coefficient (Wildman–Crippen LogP) is 2.85. The van der Waals surface area contributed by atoms with Crippen LogP contribution in [0.4, 0.5) is 5.69 Å².